The highest BCUT2D eigenvalue weighted by Gasteiger charge is 2.13. The summed E-state index contributed by atoms with van der Waals surface area (Å²) in [5, 5.41) is 2.77. The van der Waals surface area contributed by atoms with Gasteiger partial charge in [-0.1, -0.05) is 15.9 Å². The molecule has 0 saturated carbocycles. The van der Waals surface area contributed by atoms with Gasteiger partial charge >= 0.3 is 0 Å². The number of hydrogen-bond donors (Lipinski definition) is 1. The molecule has 1 amide bonds. The summed E-state index contributed by atoms with van der Waals surface area (Å²) >= 11 is 3.02. The maximum atomic E-state index is 11.2. The summed E-state index contributed by atoms with van der Waals surface area (Å²) in [6.07, 6.45) is 0. The standard InChI is InChI=1S/C9H10BrNO3/c1-2-11-9(13)8-4-3-7(14-8)6(12)5-10/h3-4H,2,5H2,1H3,(H,11,13). The number of ketones is 1. The summed E-state index contributed by atoms with van der Waals surface area (Å²) in [7, 11) is 0. The number of Topliss-reactive ketones (excluding diaryl/α,β-unsaturated/α-hetero) is 1. The maximum absolute atomic E-state index is 11.2. The van der Waals surface area contributed by atoms with Crippen LogP contribution in [0.15, 0.2) is 16.5 Å². The van der Waals surface area contributed by atoms with Crippen LogP contribution >= 0.6 is 15.9 Å². The molecular weight excluding hydrogens is 250 g/mol. The van der Waals surface area contributed by atoms with E-state index in [1.54, 1.807) is 0 Å². The average molecular weight is 260 g/mol. The predicted molar refractivity (Wildman–Crippen MR) is 54.8 cm³/mol. The van der Waals surface area contributed by atoms with Gasteiger partial charge in [-0.05, 0) is 19.1 Å². The minimum Gasteiger partial charge on any atom is -0.448 e. The number of hydrogen-bond acceptors (Lipinski definition) is 3. The molecule has 1 N–H and O–H groups in total. The fraction of sp³-hybridized carbons (Fsp3) is 0.333. The van der Waals surface area contributed by atoms with Gasteiger partial charge in [-0.15, -0.1) is 0 Å². The Morgan fingerprint density at radius 2 is 2.07 bits per heavy atom. The van der Waals surface area contributed by atoms with E-state index < -0.39 is 0 Å². The normalized spacial score (nSPS) is 9.86. The van der Waals surface area contributed by atoms with Crippen LogP contribution in [0.1, 0.15) is 28.0 Å². The molecule has 0 aliphatic carbocycles. The SMILES string of the molecule is CCNC(=O)c1ccc(C(=O)CBr)o1. The van der Waals surface area contributed by atoms with E-state index in [0.717, 1.165) is 0 Å². The van der Waals surface area contributed by atoms with Crippen molar-refractivity contribution in [3.63, 3.8) is 0 Å². The fourth-order valence-electron chi connectivity index (χ4n) is 0.923. The first-order valence-electron chi connectivity index (χ1n) is 4.16. The lowest BCUT2D eigenvalue weighted by Gasteiger charge is -1.96. The zero-order chi connectivity index (χ0) is 10.6. The van der Waals surface area contributed by atoms with Gasteiger partial charge in [0.05, 0.1) is 5.33 Å². The van der Waals surface area contributed by atoms with Crippen molar-refractivity contribution in [1.82, 2.24) is 5.32 Å². The number of amides is 1. The van der Waals surface area contributed by atoms with E-state index in [1.165, 1.54) is 12.1 Å². The van der Waals surface area contributed by atoms with Gasteiger partial charge in [-0.3, -0.25) is 9.59 Å². The van der Waals surface area contributed by atoms with Crippen molar-refractivity contribution in [2.45, 2.75) is 6.92 Å². The van der Waals surface area contributed by atoms with Crippen LogP contribution < -0.4 is 5.32 Å². The van der Waals surface area contributed by atoms with Gasteiger partial charge in [-0.25, -0.2) is 0 Å². The predicted octanol–water partition coefficient (Wildman–Crippen LogP) is 1.61. The number of carbonyl (C=O) groups is 2. The Morgan fingerprint density at radius 3 is 2.64 bits per heavy atom. The number of halogens is 1. The minimum atomic E-state index is -0.305. The van der Waals surface area contributed by atoms with Crippen molar-refractivity contribution >= 4 is 27.6 Å². The van der Waals surface area contributed by atoms with Crippen molar-refractivity contribution in [3.8, 4) is 0 Å². The molecule has 0 radical (unpaired) electrons. The van der Waals surface area contributed by atoms with Gasteiger partial charge in [0, 0.05) is 6.54 Å². The highest BCUT2D eigenvalue weighted by molar-refractivity contribution is 9.09. The Morgan fingerprint density at radius 1 is 1.43 bits per heavy atom. The zero-order valence-corrected chi connectivity index (χ0v) is 9.26. The molecule has 76 valence electrons. The quantitative estimate of drug-likeness (QED) is 0.660. The molecule has 4 nitrogen and oxygen atoms in total. The Kier molecular flexibility index (Phi) is 3.88. The molecule has 0 aromatic carbocycles. The molecule has 14 heavy (non-hydrogen) atoms. The third-order valence-corrected chi connectivity index (χ3v) is 2.07. The third-order valence-electron chi connectivity index (χ3n) is 1.56. The first kappa shape index (κ1) is 11.0. The second-order valence-corrected chi connectivity index (χ2v) is 3.14. The fourth-order valence-corrected chi connectivity index (χ4v) is 1.20. The molecule has 1 aromatic heterocycles. The van der Waals surface area contributed by atoms with E-state index in [0.29, 0.717) is 6.54 Å². The van der Waals surface area contributed by atoms with Gasteiger partial charge in [0.1, 0.15) is 0 Å². The van der Waals surface area contributed by atoms with Crippen LogP contribution in [0.3, 0.4) is 0 Å². The molecule has 0 bridgehead atoms. The topological polar surface area (TPSA) is 59.3 Å². The van der Waals surface area contributed by atoms with Crippen molar-refractivity contribution in [3.05, 3.63) is 23.7 Å². The van der Waals surface area contributed by atoms with E-state index in [4.69, 9.17) is 4.42 Å². The molecule has 0 saturated heterocycles. The smallest absolute Gasteiger partial charge is 0.287 e. The number of furan rings is 1. The molecule has 1 heterocycles. The summed E-state index contributed by atoms with van der Waals surface area (Å²) in [6.45, 7) is 2.34. The van der Waals surface area contributed by atoms with Crippen LogP contribution in [0.4, 0.5) is 0 Å². The van der Waals surface area contributed by atoms with E-state index in [2.05, 4.69) is 21.2 Å². The summed E-state index contributed by atoms with van der Waals surface area (Å²) in [5.74, 6) is -0.124. The van der Waals surface area contributed by atoms with Gasteiger partial charge in [-0.2, -0.15) is 0 Å². The largest absolute Gasteiger partial charge is 0.448 e. The van der Waals surface area contributed by atoms with E-state index >= 15 is 0 Å². The van der Waals surface area contributed by atoms with E-state index in [-0.39, 0.29) is 28.5 Å². The molecule has 0 aliphatic rings. The molecule has 1 aromatic rings. The van der Waals surface area contributed by atoms with Crippen LogP contribution in [0.2, 0.25) is 0 Å². The highest BCUT2D eigenvalue weighted by atomic mass is 79.9. The van der Waals surface area contributed by atoms with E-state index in [1.807, 2.05) is 6.92 Å². The highest BCUT2D eigenvalue weighted by Crippen LogP contribution is 2.09. The lowest BCUT2D eigenvalue weighted by molar-refractivity contribution is 0.0920. The van der Waals surface area contributed by atoms with Crippen molar-refractivity contribution < 1.29 is 14.0 Å². The molecule has 0 atom stereocenters. The van der Waals surface area contributed by atoms with Crippen molar-refractivity contribution in [1.29, 1.82) is 0 Å². The van der Waals surface area contributed by atoms with E-state index in [9.17, 15) is 9.59 Å². The van der Waals surface area contributed by atoms with Crippen LogP contribution in [0, 0.1) is 0 Å². The molecular formula is C9H10BrNO3. The summed E-state index contributed by atoms with van der Waals surface area (Å²) in [5.41, 5.74) is 0. The number of carbonyl (C=O) groups excluding carboxylic acids is 2. The van der Waals surface area contributed by atoms with Gasteiger partial charge in [0.25, 0.3) is 5.91 Å². The number of alkyl halides is 1. The third kappa shape index (κ3) is 2.45. The Balaban J connectivity index is 2.77. The summed E-state index contributed by atoms with van der Waals surface area (Å²) in [4.78, 5) is 22.4. The second-order valence-electron chi connectivity index (χ2n) is 2.58. The number of rotatable bonds is 4. The molecule has 0 unspecified atom stereocenters. The lowest BCUT2D eigenvalue weighted by atomic mass is 10.3. The Bertz CT molecular complexity index is 346. The summed E-state index contributed by atoms with van der Waals surface area (Å²) < 4.78 is 5.06. The van der Waals surface area contributed by atoms with Gasteiger partial charge in [0.2, 0.25) is 5.78 Å². The number of nitrogens with one attached hydrogen (secondary N) is 1. The van der Waals surface area contributed by atoms with Crippen LogP contribution in [0.5, 0.6) is 0 Å². The lowest BCUT2D eigenvalue weighted by Crippen LogP contribution is -2.21. The van der Waals surface area contributed by atoms with Gasteiger partial charge in [0.15, 0.2) is 11.5 Å². The van der Waals surface area contributed by atoms with Crippen LogP contribution in [-0.2, 0) is 0 Å². The monoisotopic (exact) mass is 259 g/mol. The van der Waals surface area contributed by atoms with Gasteiger partial charge < -0.3 is 9.73 Å². The minimum absolute atomic E-state index is 0.163. The Hall–Kier alpha value is -1.10. The molecule has 0 fully saturated rings. The first-order valence-corrected chi connectivity index (χ1v) is 5.28. The second kappa shape index (κ2) is 4.95. The summed E-state index contributed by atoms with van der Waals surface area (Å²) in [6, 6.07) is 2.98. The molecule has 0 spiro atoms. The molecule has 5 heteroatoms. The average Bonchev–Trinajstić information content (AvgIpc) is 2.66. The van der Waals surface area contributed by atoms with Crippen LogP contribution in [-0.4, -0.2) is 23.6 Å². The van der Waals surface area contributed by atoms with Crippen molar-refractivity contribution in [2.75, 3.05) is 11.9 Å². The first-order chi connectivity index (χ1) is 6.69. The van der Waals surface area contributed by atoms with Crippen LogP contribution in [0.25, 0.3) is 0 Å². The maximum Gasteiger partial charge on any atom is 0.287 e. The molecule has 0 aliphatic heterocycles. The van der Waals surface area contributed by atoms with Crippen molar-refractivity contribution in [2.24, 2.45) is 0 Å². The zero-order valence-electron chi connectivity index (χ0n) is 7.67. The Labute approximate surface area is 89.8 Å². The molecule has 1 rings (SSSR count).